The monoisotopic (exact) mass is 435 g/mol. The molecule has 1 aliphatic heterocycles. The van der Waals surface area contributed by atoms with E-state index >= 15 is 0 Å². The number of aromatic nitrogens is 2. The third-order valence-electron chi connectivity index (χ3n) is 6.95. The SMILES string of the molecule is CNc1cc(F)cc2c1Cc1nc(Oc3cccc(F)c3)nc(N3C[C@H](N)C4(CC4)C3)c1-2. The van der Waals surface area contributed by atoms with E-state index in [9.17, 15) is 8.78 Å². The van der Waals surface area contributed by atoms with Crippen LogP contribution in [0, 0.1) is 17.0 Å². The molecular weight excluding hydrogens is 412 g/mol. The highest BCUT2D eigenvalue weighted by Crippen LogP contribution is 2.54. The van der Waals surface area contributed by atoms with E-state index in [2.05, 4.69) is 15.2 Å². The first-order chi connectivity index (χ1) is 15.5. The van der Waals surface area contributed by atoms with Crippen LogP contribution in [-0.2, 0) is 6.42 Å². The summed E-state index contributed by atoms with van der Waals surface area (Å²) in [5, 5.41) is 3.09. The van der Waals surface area contributed by atoms with E-state index in [1.807, 2.05) is 0 Å². The molecule has 0 amide bonds. The molecule has 1 aromatic heterocycles. The van der Waals surface area contributed by atoms with E-state index in [1.165, 1.54) is 18.2 Å². The molecular formula is C24H23F2N5O. The van der Waals surface area contributed by atoms with Gasteiger partial charge in [-0.05, 0) is 48.2 Å². The van der Waals surface area contributed by atoms with Crippen molar-refractivity contribution in [2.45, 2.75) is 25.3 Å². The number of halogens is 2. The van der Waals surface area contributed by atoms with Crippen molar-refractivity contribution < 1.29 is 13.5 Å². The smallest absolute Gasteiger partial charge is 0.324 e. The van der Waals surface area contributed by atoms with Crippen LogP contribution in [0.3, 0.4) is 0 Å². The van der Waals surface area contributed by atoms with Gasteiger partial charge >= 0.3 is 6.01 Å². The van der Waals surface area contributed by atoms with Crippen molar-refractivity contribution in [2.75, 3.05) is 30.4 Å². The molecule has 0 radical (unpaired) electrons. The molecule has 2 aromatic carbocycles. The summed E-state index contributed by atoms with van der Waals surface area (Å²) in [6.07, 6.45) is 2.75. The fourth-order valence-electron chi connectivity index (χ4n) is 5.07. The Morgan fingerprint density at radius 2 is 2.00 bits per heavy atom. The fourth-order valence-corrected chi connectivity index (χ4v) is 5.07. The van der Waals surface area contributed by atoms with Crippen LogP contribution in [0.1, 0.15) is 24.1 Å². The molecule has 1 saturated carbocycles. The van der Waals surface area contributed by atoms with E-state index in [4.69, 9.17) is 15.5 Å². The zero-order valence-corrected chi connectivity index (χ0v) is 17.7. The normalized spacial score (nSPS) is 19.8. The molecule has 3 N–H and O–H groups in total. The summed E-state index contributed by atoms with van der Waals surface area (Å²) in [5.41, 5.74) is 10.7. The highest BCUT2D eigenvalue weighted by molar-refractivity contribution is 5.88. The highest BCUT2D eigenvalue weighted by atomic mass is 19.1. The van der Waals surface area contributed by atoms with Gasteiger partial charge in [0.2, 0.25) is 0 Å². The third kappa shape index (κ3) is 3.01. The van der Waals surface area contributed by atoms with Gasteiger partial charge in [0.1, 0.15) is 23.2 Å². The lowest BCUT2D eigenvalue weighted by Crippen LogP contribution is -2.30. The molecule has 0 unspecified atom stereocenters. The first-order valence-electron chi connectivity index (χ1n) is 10.8. The van der Waals surface area contributed by atoms with Gasteiger partial charge < -0.3 is 20.7 Å². The number of ether oxygens (including phenoxy) is 1. The minimum absolute atomic E-state index is 0.0713. The maximum atomic E-state index is 14.4. The Hall–Kier alpha value is -3.26. The molecule has 1 atom stereocenters. The summed E-state index contributed by atoms with van der Waals surface area (Å²) in [7, 11) is 1.78. The summed E-state index contributed by atoms with van der Waals surface area (Å²) in [5.74, 6) is 0.313. The number of anilines is 2. The number of hydrogen-bond donors (Lipinski definition) is 2. The first kappa shape index (κ1) is 19.4. The predicted octanol–water partition coefficient (Wildman–Crippen LogP) is 4.09. The van der Waals surface area contributed by atoms with Gasteiger partial charge in [0.15, 0.2) is 0 Å². The summed E-state index contributed by atoms with van der Waals surface area (Å²) in [6.45, 7) is 1.48. The Morgan fingerprint density at radius 1 is 1.16 bits per heavy atom. The second-order valence-electron chi connectivity index (χ2n) is 8.97. The molecule has 2 heterocycles. The van der Waals surface area contributed by atoms with E-state index < -0.39 is 5.82 Å². The van der Waals surface area contributed by atoms with Gasteiger partial charge in [-0.15, -0.1) is 0 Å². The van der Waals surface area contributed by atoms with Crippen molar-refractivity contribution in [3.05, 3.63) is 59.3 Å². The average Bonchev–Trinajstić information content (AvgIpc) is 3.35. The van der Waals surface area contributed by atoms with Gasteiger partial charge in [0.25, 0.3) is 0 Å². The molecule has 6 nitrogen and oxygen atoms in total. The molecule has 1 saturated heterocycles. The van der Waals surface area contributed by atoms with E-state index in [0.717, 1.165) is 47.5 Å². The van der Waals surface area contributed by atoms with Crippen LogP contribution in [0.5, 0.6) is 11.8 Å². The van der Waals surface area contributed by atoms with Gasteiger partial charge in [-0.1, -0.05) is 6.07 Å². The Morgan fingerprint density at radius 3 is 2.72 bits per heavy atom. The summed E-state index contributed by atoms with van der Waals surface area (Å²) < 4.78 is 34.0. The second-order valence-corrected chi connectivity index (χ2v) is 8.97. The van der Waals surface area contributed by atoms with Crippen molar-refractivity contribution >= 4 is 11.5 Å². The maximum Gasteiger partial charge on any atom is 0.324 e. The van der Waals surface area contributed by atoms with Crippen molar-refractivity contribution in [2.24, 2.45) is 11.1 Å². The summed E-state index contributed by atoms with van der Waals surface area (Å²) in [6, 6.07) is 9.14. The number of rotatable bonds is 4. The Kier molecular flexibility index (Phi) is 4.17. The number of nitrogens with one attached hydrogen (secondary N) is 1. The van der Waals surface area contributed by atoms with Gasteiger partial charge in [0.05, 0.1) is 5.69 Å². The molecule has 8 heteroatoms. The van der Waals surface area contributed by atoms with Gasteiger partial charge in [-0.3, -0.25) is 0 Å². The number of fused-ring (bicyclic) bond motifs is 3. The molecule has 0 bridgehead atoms. The largest absolute Gasteiger partial charge is 0.424 e. The van der Waals surface area contributed by atoms with Crippen molar-refractivity contribution in [1.82, 2.24) is 9.97 Å². The van der Waals surface area contributed by atoms with Crippen LogP contribution in [0.2, 0.25) is 0 Å². The number of hydrogen-bond acceptors (Lipinski definition) is 6. The molecule has 3 aromatic rings. The number of nitrogens with two attached hydrogens (primary N) is 1. The standard InChI is InChI=1S/C24H23F2N5O/c1-28-18-9-14(26)8-17-16(18)10-19-21(17)22(31-11-20(27)24(12-31)5-6-24)30-23(29-19)32-15-4-2-3-13(25)7-15/h2-4,7-9,20,28H,5-6,10-12,27H2,1H3/t20-/m0/s1. The van der Waals surface area contributed by atoms with E-state index in [0.29, 0.717) is 24.5 Å². The summed E-state index contributed by atoms with van der Waals surface area (Å²) in [4.78, 5) is 11.5. The summed E-state index contributed by atoms with van der Waals surface area (Å²) >= 11 is 0. The van der Waals surface area contributed by atoms with Gasteiger partial charge in [0, 0.05) is 55.3 Å². The Bertz CT molecular complexity index is 1240. The van der Waals surface area contributed by atoms with Crippen LogP contribution in [-0.4, -0.2) is 36.1 Å². The first-order valence-corrected chi connectivity index (χ1v) is 10.8. The molecule has 1 spiro atoms. The van der Waals surface area contributed by atoms with Crippen molar-refractivity contribution in [3.8, 4) is 22.9 Å². The Labute approximate surface area is 184 Å². The minimum atomic E-state index is -0.397. The lowest BCUT2D eigenvalue weighted by Gasteiger charge is -2.21. The van der Waals surface area contributed by atoms with Crippen LogP contribution in [0.25, 0.3) is 11.1 Å². The topological polar surface area (TPSA) is 76.3 Å². The Balaban J connectivity index is 1.48. The minimum Gasteiger partial charge on any atom is -0.424 e. The fraction of sp³-hybridized carbons (Fsp3) is 0.333. The van der Waals surface area contributed by atoms with Crippen LogP contribution < -0.4 is 20.7 Å². The molecule has 6 rings (SSSR count). The quantitative estimate of drug-likeness (QED) is 0.503. The lowest BCUT2D eigenvalue weighted by molar-refractivity contribution is 0.436. The zero-order valence-electron chi connectivity index (χ0n) is 17.7. The molecule has 2 fully saturated rings. The van der Waals surface area contributed by atoms with Gasteiger partial charge in [-0.2, -0.15) is 9.97 Å². The predicted molar refractivity (Wildman–Crippen MR) is 118 cm³/mol. The average molecular weight is 435 g/mol. The van der Waals surface area contributed by atoms with Crippen LogP contribution >= 0.6 is 0 Å². The van der Waals surface area contributed by atoms with Crippen molar-refractivity contribution in [1.29, 1.82) is 0 Å². The van der Waals surface area contributed by atoms with E-state index in [1.54, 1.807) is 25.2 Å². The second kappa shape index (κ2) is 6.87. The van der Waals surface area contributed by atoms with Crippen molar-refractivity contribution in [3.63, 3.8) is 0 Å². The van der Waals surface area contributed by atoms with Gasteiger partial charge in [-0.25, -0.2) is 8.78 Å². The lowest BCUT2D eigenvalue weighted by atomic mass is 10.0. The van der Waals surface area contributed by atoms with Crippen LogP contribution in [0.15, 0.2) is 36.4 Å². The highest BCUT2D eigenvalue weighted by Gasteiger charge is 2.54. The molecule has 3 aliphatic rings. The maximum absolute atomic E-state index is 14.4. The number of benzene rings is 2. The van der Waals surface area contributed by atoms with Crippen LogP contribution in [0.4, 0.5) is 20.3 Å². The molecule has 32 heavy (non-hydrogen) atoms. The zero-order chi connectivity index (χ0) is 22.0. The number of nitrogens with zero attached hydrogens (tertiary/aromatic N) is 3. The third-order valence-corrected chi connectivity index (χ3v) is 6.95. The molecule has 2 aliphatic carbocycles. The van der Waals surface area contributed by atoms with E-state index in [-0.39, 0.29) is 23.3 Å². The molecule has 164 valence electrons.